The number of thiocarbonyl (C=S) groups is 1. The monoisotopic (exact) mass is 315 g/mol. The summed E-state index contributed by atoms with van der Waals surface area (Å²) in [5.41, 5.74) is 5.06. The minimum atomic E-state index is 0.195. The summed E-state index contributed by atoms with van der Waals surface area (Å²) < 4.78 is 0. The summed E-state index contributed by atoms with van der Waals surface area (Å²) in [4.78, 5) is 3.28. The van der Waals surface area contributed by atoms with Crippen LogP contribution in [0.4, 0.5) is 0 Å². The molecule has 3 aromatic carbocycles. The molecule has 0 N–H and O–H groups in total. The van der Waals surface area contributed by atoms with Gasteiger partial charge in [0.25, 0.3) is 0 Å². The van der Waals surface area contributed by atoms with E-state index in [1.165, 1.54) is 22.3 Å². The average Bonchev–Trinajstić information content (AvgIpc) is 2.89. The molecule has 0 aliphatic carbocycles. The first-order chi connectivity index (χ1) is 11.3. The lowest BCUT2D eigenvalue weighted by molar-refractivity contribution is 0.373. The second-order valence-corrected chi connectivity index (χ2v) is 6.21. The quantitative estimate of drug-likeness (QED) is 0.628. The average molecular weight is 315 g/mol. The van der Waals surface area contributed by atoms with Crippen LogP contribution in [0.1, 0.15) is 28.3 Å². The molecule has 0 fully saturated rings. The fourth-order valence-corrected chi connectivity index (χ4v) is 3.66. The van der Waals surface area contributed by atoms with Crippen LogP contribution in [0.5, 0.6) is 0 Å². The Morgan fingerprint density at radius 1 is 0.739 bits per heavy atom. The highest BCUT2D eigenvalue weighted by atomic mass is 32.1. The van der Waals surface area contributed by atoms with Gasteiger partial charge in [-0.15, -0.1) is 0 Å². The second-order valence-electron chi connectivity index (χ2n) is 5.82. The first-order valence-electron chi connectivity index (χ1n) is 7.83. The normalized spacial score (nSPS) is 16.4. The van der Waals surface area contributed by atoms with Crippen LogP contribution in [0.15, 0.2) is 84.9 Å². The Labute approximate surface area is 142 Å². The van der Waals surface area contributed by atoms with Crippen molar-refractivity contribution in [3.05, 3.63) is 107 Å². The Hall–Kier alpha value is -2.45. The molecule has 23 heavy (non-hydrogen) atoms. The third kappa shape index (κ3) is 2.55. The molecule has 1 aliphatic heterocycles. The van der Waals surface area contributed by atoms with Crippen LogP contribution in [0.3, 0.4) is 0 Å². The summed E-state index contributed by atoms with van der Waals surface area (Å²) in [5.74, 6) is 0. The van der Waals surface area contributed by atoms with Crippen LogP contribution >= 0.6 is 12.2 Å². The number of rotatable bonds is 3. The second kappa shape index (κ2) is 5.98. The zero-order chi connectivity index (χ0) is 15.6. The molecule has 0 spiro atoms. The van der Waals surface area contributed by atoms with Gasteiger partial charge >= 0.3 is 0 Å². The van der Waals surface area contributed by atoms with Crippen molar-refractivity contribution in [1.29, 1.82) is 0 Å². The van der Waals surface area contributed by atoms with E-state index in [4.69, 9.17) is 12.2 Å². The minimum Gasteiger partial charge on any atom is -0.347 e. The Morgan fingerprint density at radius 2 is 1.35 bits per heavy atom. The standard InChI is InChI=1S/C21H17NS/c23-21-19-14-8-7-13-18(19)20(17-11-5-2-6-12-17)22(21)15-16-9-3-1-4-10-16/h1-14,20H,15H2. The van der Waals surface area contributed by atoms with E-state index in [0.29, 0.717) is 0 Å². The van der Waals surface area contributed by atoms with Gasteiger partial charge in [-0.05, 0) is 16.7 Å². The molecule has 0 radical (unpaired) electrons. The maximum Gasteiger partial charge on any atom is 0.110 e. The van der Waals surface area contributed by atoms with E-state index in [-0.39, 0.29) is 6.04 Å². The fraction of sp³-hybridized carbons (Fsp3) is 0.0952. The van der Waals surface area contributed by atoms with Crippen molar-refractivity contribution in [2.45, 2.75) is 12.6 Å². The van der Waals surface area contributed by atoms with Crippen LogP contribution < -0.4 is 0 Å². The van der Waals surface area contributed by atoms with E-state index in [2.05, 4.69) is 89.8 Å². The summed E-state index contributed by atoms with van der Waals surface area (Å²) in [6.07, 6.45) is 0. The minimum absolute atomic E-state index is 0.195. The molecule has 1 unspecified atom stereocenters. The third-order valence-electron chi connectivity index (χ3n) is 4.37. The summed E-state index contributed by atoms with van der Waals surface area (Å²) in [7, 11) is 0. The van der Waals surface area contributed by atoms with Crippen molar-refractivity contribution in [3.63, 3.8) is 0 Å². The van der Waals surface area contributed by atoms with Gasteiger partial charge in [0.15, 0.2) is 0 Å². The van der Waals surface area contributed by atoms with E-state index in [1.54, 1.807) is 0 Å². The lowest BCUT2D eigenvalue weighted by atomic mass is 9.98. The van der Waals surface area contributed by atoms with E-state index in [9.17, 15) is 0 Å². The molecular formula is C21H17NS. The van der Waals surface area contributed by atoms with Crippen LogP contribution in [0.2, 0.25) is 0 Å². The molecule has 0 saturated heterocycles. The predicted octanol–water partition coefficient (Wildman–Crippen LogP) is 4.97. The zero-order valence-electron chi connectivity index (χ0n) is 12.7. The van der Waals surface area contributed by atoms with Gasteiger partial charge in [-0.2, -0.15) is 0 Å². The van der Waals surface area contributed by atoms with Gasteiger partial charge in [0.1, 0.15) is 4.99 Å². The molecule has 2 heteroatoms. The highest BCUT2D eigenvalue weighted by molar-refractivity contribution is 7.80. The molecule has 0 aromatic heterocycles. The van der Waals surface area contributed by atoms with Gasteiger partial charge < -0.3 is 4.90 Å². The molecule has 1 heterocycles. The Balaban J connectivity index is 1.79. The SMILES string of the molecule is S=C1c2ccccc2C(c2ccccc2)N1Cc1ccccc1. The lowest BCUT2D eigenvalue weighted by Crippen LogP contribution is -2.27. The van der Waals surface area contributed by atoms with Crippen molar-refractivity contribution < 1.29 is 0 Å². The third-order valence-corrected chi connectivity index (χ3v) is 4.82. The van der Waals surface area contributed by atoms with E-state index < -0.39 is 0 Å². The topological polar surface area (TPSA) is 3.24 Å². The molecule has 112 valence electrons. The Kier molecular flexibility index (Phi) is 3.68. The summed E-state index contributed by atoms with van der Waals surface area (Å²) in [5, 5.41) is 0. The molecule has 1 aliphatic rings. The lowest BCUT2D eigenvalue weighted by Gasteiger charge is -2.27. The largest absolute Gasteiger partial charge is 0.347 e. The van der Waals surface area contributed by atoms with E-state index in [0.717, 1.165) is 11.5 Å². The van der Waals surface area contributed by atoms with Crippen LogP contribution in [0.25, 0.3) is 0 Å². The van der Waals surface area contributed by atoms with Crippen molar-refractivity contribution >= 4 is 17.2 Å². The maximum atomic E-state index is 5.80. The Morgan fingerprint density at radius 3 is 2.09 bits per heavy atom. The van der Waals surface area contributed by atoms with E-state index in [1.807, 2.05) is 0 Å². The van der Waals surface area contributed by atoms with Gasteiger partial charge in [0.05, 0.1) is 6.04 Å². The molecule has 1 atom stereocenters. The van der Waals surface area contributed by atoms with Crippen LogP contribution in [0, 0.1) is 0 Å². The van der Waals surface area contributed by atoms with Gasteiger partial charge in [0, 0.05) is 12.1 Å². The van der Waals surface area contributed by atoms with Crippen LogP contribution in [-0.2, 0) is 6.54 Å². The molecule has 0 bridgehead atoms. The van der Waals surface area contributed by atoms with Crippen molar-refractivity contribution in [1.82, 2.24) is 4.90 Å². The highest BCUT2D eigenvalue weighted by Gasteiger charge is 2.34. The smallest absolute Gasteiger partial charge is 0.110 e. The zero-order valence-corrected chi connectivity index (χ0v) is 13.5. The fourth-order valence-electron chi connectivity index (χ4n) is 3.31. The van der Waals surface area contributed by atoms with Gasteiger partial charge in [0.2, 0.25) is 0 Å². The Bertz CT molecular complexity index is 827. The van der Waals surface area contributed by atoms with Gasteiger partial charge in [-0.1, -0.05) is 97.1 Å². The van der Waals surface area contributed by atoms with Gasteiger partial charge in [-0.3, -0.25) is 0 Å². The summed E-state index contributed by atoms with van der Waals surface area (Å²) in [6, 6.07) is 29.9. The number of fused-ring (bicyclic) bond motifs is 1. The first kappa shape index (κ1) is 14.2. The molecule has 3 aromatic rings. The molecular weight excluding hydrogens is 298 g/mol. The van der Waals surface area contributed by atoms with Crippen molar-refractivity contribution in [3.8, 4) is 0 Å². The van der Waals surface area contributed by atoms with Crippen LogP contribution in [-0.4, -0.2) is 9.89 Å². The molecule has 0 saturated carbocycles. The number of hydrogen-bond donors (Lipinski definition) is 0. The summed E-state index contributed by atoms with van der Waals surface area (Å²) in [6.45, 7) is 0.827. The van der Waals surface area contributed by atoms with Crippen molar-refractivity contribution in [2.24, 2.45) is 0 Å². The number of nitrogens with zero attached hydrogens (tertiary/aromatic N) is 1. The molecule has 1 nitrogen and oxygen atoms in total. The maximum absolute atomic E-state index is 5.80. The van der Waals surface area contributed by atoms with Gasteiger partial charge in [-0.25, -0.2) is 0 Å². The highest BCUT2D eigenvalue weighted by Crippen LogP contribution is 2.39. The summed E-state index contributed by atoms with van der Waals surface area (Å²) >= 11 is 5.80. The first-order valence-corrected chi connectivity index (χ1v) is 8.24. The van der Waals surface area contributed by atoms with E-state index >= 15 is 0 Å². The van der Waals surface area contributed by atoms with Crippen molar-refractivity contribution in [2.75, 3.05) is 0 Å². The predicted molar refractivity (Wildman–Crippen MR) is 98.4 cm³/mol. The molecule has 0 amide bonds. The number of benzene rings is 3. The molecule has 4 rings (SSSR count). The number of hydrogen-bond acceptors (Lipinski definition) is 1.